The molecule has 3 nitrogen and oxygen atoms in total. The van der Waals surface area contributed by atoms with Crippen molar-refractivity contribution in [1.29, 1.82) is 0 Å². The number of hydrogen-bond acceptors (Lipinski definition) is 3. The molecule has 0 aliphatic carbocycles. The van der Waals surface area contributed by atoms with Crippen molar-refractivity contribution in [3.8, 4) is 0 Å². The quantitative estimate of drug-likeness (QED) is 0.258. The first kappa shape index (κ1) is 6.88. The highest BCUT2D eigenvalue weighted by molar-refractivity contribution is 4.42. The van der Waals surface area contributed by atoms with E-state index in [2.05, 4.69) is 5.43 Å². The van der Waals surface area contributed by atoms with Gasteiger partial charge in [0.1, 0.15) is 6.23 Å². The van der Waals surface area contributed by atoms with Crippen molar-refractivity contribution in [2.45, 2.75) is 26.0 Å². The lowest BCUT2D eigenvalue weighted by molar-refractivity contribution is 0.128. The highest BCUT2D eigenvalue weighted by atomic mass is 16.3. The van der Waals surface area contributed by atoms with Gasteiger partial charge in [0, 0.05) is 0 Å². The first-order valence-electron chi connectivity index (χ1n) is 2.45. The minimum Gasteiger partial charge on any atom is -0.377 e. The lowest BCUT2D eigenvalue weighted by atomic mass is 10.3. The molecule has 0 amide bonds. The Balaban J connectivity index is 2.83. The number of rotatable bonds is 3. The van der Waals surface area contributed by atoms with E-state index in [9.17, 15) is 0 Å². The minimum absolute atomic E-state index is 0.523. The van der Waals surface area contributed by atoms with Crippen molar-refractivity contribution in [3.05, 3.63) is 0 Å². The highest BCUT2D eigenvalue weighted by Gasteiger charge is 1.93. The summed E-state index contributed by atoms with van der Waals surface area (Å²) in [7, 11) is 0. The van der Waals surface area contributed by atoms with Crippen molar-refractivity contribution < 1.29 is 5.11 Å². The topological polar surface area (TPSA) is 58.3 Å². The van der Waals surface area contributed by atoms with Crippen LogP contribution < -0.4 is 11.3 Å². The molecule has 0 aromatic heterocycles. The predicted octanol–water partition coefficient (Wildman–Crippen LogP) is -0.432. The summed E-state index contributed by atoms with van der Waals surface area (Å²) in [6.07, 6.45) is 1.15. The molecule has 1 unspecified atom stereocenters. The third-order valence-corrected chi connectivity index (χ3v) is 0.754. The van der Waals surface area contributed by atoms with E-state index in [4.69, 9.17) is 10.9 Å². The molecule has 0 aromatic rings. The fourth-order valence-electron chi connectivity index (χ4n) is 0.357. The molecule has 7 heavy (non-hydrogen) atoms. The van der Waals surface area contributed by atoms with E-state index in [0.717, 1.165) is 12.8 Å². The molecule has 0 saturated carbocycles. The van der Waals surface area contributed by atoms with Gasteiger partial charge in [-0.15, -0.1) is 0 Å². The van der Waals surface area contributed by atoms with Gasteiger partial charge in [-0.3, -0.25) is 5.84 Å². The van der Waals surface area contributed by atoms with Crippen LogP contribution in [0.5, 0.6) is 0 Å². The zero-order valence-electron chi connectivity index (χ0n) is 4.52. The van der Waals surface area contributed by atoms with Crippen LogP contribution in [0.2, 0.25) is 0 Å². The van der Waals surface area contributed by atoms with Crippen LogP contribution >= 0.6 is 0 Å². The summed E-state index contributed by atoms with van der Waals surface area (Å²) in [4.78, 5) is 0. The standard InChI is InChI=1S/C4H12N2O/c1-2-3-4(7)6-5/h4,6-7H,2-3,5H2,1H3. The third-order valence-electron chi connectivity index (χ3n) is 0.754. The summed E-state index contributed by atoms with van der Waals surface area (Å²) in [5.41, 5.74) is 2.22. The van der Waals surface area contributed by atoms with Crippen LogP contribution in [-0.2, 0) is 0 Å². The van der Waals surface area contributed by atoms with Gasteiger partial charge in [-0.2, -0.15) is 0 Å². The number of hydrazine groups is 1. The molecule has 0 aliphatic rings. The van der Waals surface area contributed by atoms with Gasteiger partial charge in [-0.05, 0) is 6.42 Å². The molecule has 0 aromatic carbocycles. The van der Waals surface area contributed by atoms with Gasteiger partial charge < -0.3 is 5.11 Å². The molecule has 1 atom stereocenters. The molecule has 0 heterocycles. The zero-order valence-corrected chi connectivity index (χ0v) is 4.52. The molecule has 0 spiro atoms. The van der Waals surface area contributed by atoms with Crippen LogP contribution in [0.1, 0.15) is 19.8 Å². The van der Waals surface area contributed by atoms with Crippen molar-refractivity contribution in [3.63, 3.8) is 0 Å². The maximum atomic E-state index is 8.62. The number of nitrogens with two attached hydrogens (primary N) is 1. The minimum atomic E-state index is -0.523. The van der Waals surface area contributed by atoms with Crippen molar-refractivity contribution in [2.24, 2.45) is 5.84 Å². The number of hydrogen-bond donors (Lipinski definition) is 3. The van der Waals surface area contributed by atoms with E-state index in [1.807, 2.05) is 6.92 Å². The molecule has 0 rings (SSSR count). The Morgan fingerprint density at radius 1 is 1.86 bits per heavy atom. The Labute approximate surface area is 43.5 Å². The molecule has 0 bridgehead atoms. The molecule has 44 valence electrons. The summed E-state index contributed by atoms with van der Waals surface area (Å²) < 4.78 is 0. The van der Waals surface area contributed by atoms with E-state index in [1.54, 1.807) is 0 Å². The lowest BCUT2D eigenvalue weighted by Gasteiger charge is -2.04. The number of aliphatic hydroxyl groups excluding tert-OH is 1. The van der Waals surface area contributed by atoms with Crippen molar-refractivity contribution >= 4 is 0 Å². The molecule has 4 N–H and O–H groups in total. The molecule has 3 heteroatoms. The van der Waals surface area contributed by atoms with Crippen molar-refractivity contribution in [2.75, 3.05) is 0 Å². The SMILES string of the molecule is CCCC(O)NN. The number of aliphatic hydroxyl groups is 1. The van der Waals surface area contributed by atoms with Crippen LogP contribution in [0.4, 0.5) is 0 Å². The molecule has 0 saturated heterocycles. The number of nitrogens with one attached hydrogen (secondary N) is 1. The van der Waals surface area contributed by atoms with Gasteiger partial charge in [0.15, 0.2) is 0 Å². The molecular formula is C4H12N2O. The van der Waals surface area contributed by atoms with Gasteiger partial charge in [0.05, 0.1) is 0 Å². The van der Waals surface area contributed by atoms with Crippen molar-refractivity contribution in [1.82, 2.24) is 5.43 Å². The first-order valence-corrected chi connectivity index (χ1v) is 2.45. The van der Waals surface area contributed by atoms with Crippen LogP contribution in [0.3, 0.4) is 0 Å². The van der Waals surface area contributed by atoms with E-state index in [0.29, 0.717) is 0 Å². The van der Waals surface area contributed by atoms with Crippen LogP contribution in [-0.4, -0.2) is 11.3 Å². The van der Waals surface area contributed by atoms with E-state index >= 15 is 0 Å². The Kier molecular flexibility index (Phi) is 3.98. The van der Waals surface area contributed by atoms with Gasteiger partial charge in [0.2, 0.25) is 0 Å². The van der Waals surface area contributed by atoms with Crippen LogP contribution in [0.15, 0.2) is 0 Å². The summed E-state index contributed by atoms with van der Waals surface area (Å²) >= 11 is 0. The average Bonchev–Trinajstić information content (AvgIpc) is 1.68. The Morgan fingerprint density at radius 3 is 2.57 bits per heavy atom. The second-order valence-corrected chi connectivity index (χ2v) is 1.47. The molecule has 0 aliphatic heterocycles. The molecular weight excluding hydrogens is 92.1 g/mol. The zero-order chi connectivity index (χ0) is 5.70. The lowest BCUT2D eigenvalue weighted by Crippen LogP contribution is -2.34. The fraction of sp³-hybridized carbons (Fsp3) is 1.00. The Morgan fingerprint density at radius 2 is 2.43 bits per heavy atom. The second kappa shape index (κ2) is 4.05. The summed E-state index contributed by atoms with van der Waals surface area (Å²) in [5, 5.41) is 8.62. The molecule has 0 radical (unpaired) electrons. The fourth-order valence-corrected chi connectivity index (χ4v) is 0.357. The maximum Gasteiger partial charge on any atom is 0.116 e. The first-order chi connectivity index (χ1) is 3.31. The van der Waals surface area contributed by atoms with Gasteiger partial charge in [-0.1, -0.05) is 13.3 Å². The molecule has 0 fully saturated rings. The normalized spacial score (nSPS) is 14.1. The van der Waals surface area contributed by atoms with E-state index in [1.165, 1.54) is 0 Å². The monoisotopic (exact) mass is 104 g/mol. The summed E-state index contributed by atoms with van der Waals surface area (Å²) in [6.45, 7) is 1.99. The smallest absolute Gasteiger partial charge is 0.116 e. The average molecular weight is 104 g/mol. The predicted molar refractivity (Wildman–Crippen MR) is 28.2 cm³/mol. The summed E-state index contributed by atoms with van der Waals surface area (Å²) in [6, 6.07) is 0. The van der Waals surface area contributed by atoms with Crippen LogP contribution in [0.25, 0.3) is 0 Å². The second-order valence-electron chi connectivity index (χ2n) is 1.47. The Hall–Kier alpha value is -0.120. The van der Waals surface area contributed by atoms with E-state index in [-0.39, 0.29) is 0 Å². The van der Waals surface area contributed by atoms with Gasteiger partial charge in [0.25, 0.3) is 0 Å². The highest BCUT2D eigenvalue weighted by Crippen LogP contribution is 1.87. The van der Waals surface area contributed by atoms with E-state index < -0.39 is 6.23 Å². The van der Waals surface area contributed by atoms with Gasteiger partial charge >= 0.3 is 0 Å². The maximum absolute atomic E-state index is 8.62. The Bertz CT molecular complexity index is 40.7. The third kappa shape index (κ3) is 3.72. The van der Waals surface area contributed by atoms with Gasteiger partial charge in [-0.25, -0.2) is 5.43 Å². The summed E-state index contributed by atoms with van der Waals surface area (Å²) in [5.74, 6) is 4.86. The van der Waals surface area contributed by atoms with Crippen LogP contribution in [0, 0.1) is 0 Å². The largest absolute Gasteiger partial charge is 0.377 e.